The van der Waals surface area contributed by atoms with Gasteiger partial charge in [-0.1, -0.05) is 46.6 Å². The Morgan fingerprint density at radius 1 is 1.14 bits per heavy atom. The summed E-state index contributed by atoms with van der Waals surface area (Å²) >= 11 is 0. The van der Waals surface area contributed by atoms with Crippen molar-refractivity contribution in [3.8, 4) is 11.4 Å². The van der Waals surface area contributed by atoms with E-state index in [2.05, 4.69) is 21.5 Å². The third-order valence-electron chi connectivity index (χ3n) is 5.14. The summed E-state index contributed by atoms with van der Waals surface area (Å²) in [7, 11) is 0. The van der Waals surface area contributed by atoms with E-state index in [4.69, 9.17) is 4.52 Å². The van der Waals surface area contributed by atoms with Crippen molar-refractivity contribution in [1.82, 2.24) is 15.0 Å². The van der Waals surface area contributed by atoms with E-state index < -0.39 is 0 Å². The number of aromatic nitrogens is 2. The van der Waals surface area contributed by atoms with E-state index >= 15 is 0 Å². The minimum absolute atomic E-state index is 0.134. The fraction of sp³-hybridized carbons (Fsp3) is 0.318. The van der Waals surface area contributed by atoms with Crippen LogP contribution >= 0.6 is 0 Å². The van der Waals surface area contributed by atoms with Gasteiger partial charge < -0.3 is 14.7 Å². The SMILES string of the molecule is Cc1cccc(-c2noc([C@@H]3CCCN3C(=O)Nc3ccc(C)cc3C)n2)c1. The van der Waals surface area contributed by atoms with Crippen molar-refractivity contribution in [2.75, 3.05) is 11.9 Å². The van der Waals surface area contributed by atoms with E-state index in [1.165, 1.54) is 5.56 Å². The van der Waals surface area contributed by atoms with Gasteiger partial charge in [-0.25, -0.2) is 4.79 Å². The van der Waals surface area contributed by atoms with Crippen LogP contribution in [-0.2, 0) is 0 Å². The molecule has 144 valence electrons. The number of hydrogen-bond donors (Lipinski definition) is 1. The van der Waals surface area contributed by atoms with Crippen LogP contribution in [0.1, 0.15) is 41.5 Å². The van der Waals surface area contributed by atoms with E-state index in [1.54, 1.807) is 4.90 Å². The molecule has 1 N–H and O–H groups in total. The van der Waals surface area contributed by atoms with Crippen LogP contribution in [0.5, 0.6) is 0 Å². The van der Waals surface area contributed by atoms with E-state index in [1.807, 2.05) is 57.2 Å². The molecule has 1 fully saturated rings. The number of carbonyl (C=O) groups is 1. The van der Waals surface area contributed by atoms with E-state index in [0.717, 1.165) is 35.2 Å². The van der Waals surface area contributed by atoms with Crippen LogP contribution in [0.25, 0.3) is 11.4 Å². The first-order valence-electron chi connectivity index (χ1n) is 9.57. The van der Waals surface area contributed by atoms with Crippen molar-refractivity contribution >= 4 is 11.7 Å². The van der Waals surface area contributed by atoms with Gasteiger partial charge in [0.15, 0.2) is 0 Å². The molecule has 1 aliphatic heterocycles. The fourth-order valence-corrected chi connectivity index (χ4v) is 3.68. The molecule has 2 heterocycles. The van der Waals surface area contributed by atoms with E-state index in [9.17, 15) is 4.79 Å². The Balaban J connectivity index is 1.53. The van der Waals surface area contributed by atoms with Crippen LogP contribution in [0.2, 0.25) is 0 Å². The highest BCUT2D eigenvalue weighted by molar-refractivity contribution is 5.90. The Morgan fingerprint density at radius 3 is 2.75 bits per heavy atom. The van der Waals surface area contributed by atoms with Crippen molar-refractivity contribution < 1.29 is 9.32 Å². The maximum atomic E-state index is 12.9. The summed E-state index contributed by atoms with van der Waals surface area (Å²) in [5.74, 6) is 1.05. The second kappa shape index (κ2) is 7.46. The maximum absolute atomic E-state index is 12.9. The molecule has 0 bridgehead atoms. The van der Waals surface area contributed by atoms with Gasteiger partial charge in [0.25, 0.3) is 0 Å². The largest absolute Gasteiger partial charge is 0.337 e. The normalized spacial score (nSPS) is 16.4. The van der Waals surface area contributed by atoms with Gasteiger partial charge in [-0.05, 0) is 51.3 Å². The lowest BCUT2D eigenvalue weighted by Crippen LogP contribution is -2.34. The number of amides is 2. The van der Waals surface area contributed by atoms with Crippen molar-refractivity contribution in [3.05, 3.63) is 65.0 Å². The molecule has 1 atom stereocenters. The van der Waals surface area contributed by atoms with Gasteiger partial charge in [-0.2, -0.15) is 4.98 Å². The molecule has 1 aromatic heterocycles. The Bertz CT molecular complexity index is 1010. The summed E-state index contributed by atoms with van der Waals surface area (Å²) in [5.41, 5.74) is 5.10. The van der Waals surface area contributed by atoms with Crippen molar-refractivity contribution in [2.24, 2.45) is 0 Å². The summed E-state index contributed by atoms with van der Waals surface area (Å²) < 4.78 is 5.53. The van der Waals surface area contributed by atoms with Gasteiger partial charge in [0.05, 0.1) is 0 Å². The highest BCUT2D eigenvalue weighted by Crippen LogP contribution is 2.33. The van der Waals surface area contributed by atoms with E-state index in [-0.39, 0.29) is 12.1 Å². The topological polar surface area (TPSA) is 71.3 Å². The zero-order chi connectivity index (χ0) is 19.7. The molecule has 2 aromatic carbocycles. The molecule has 0 aliphatic carbocycles. The average Bonchev–Trinajstić information content (AvgIpc) is 3.33. The number of nitrogens with zero attached hydrogens (tertiary/aromatic N) is 3. The number of urea groups is 1. The summed E-state index contributed by atoms with van der Waals surface area (Å²) in [6, 6.07) is 13.6. The number of hydrogen-bond acceptors (Lipinski definition) is 4. The zero-order valence-electron chi connectivity index (χ0n) is 16.4. The molecular formula is C22H24N4O2. The maximum Gasteiger partial charge on any atom is 0.322 e. The van der Waals surface area contributed by atoms with Crippen molar-refractivity contribution in [1.29, 1.82) is 0 Å². The molecule has 4 rings (SSSR count). The summed E-state index contributed by atoms with van der Waals surface area (Å²) in [6.45, 7) is 6.73. The summed E-state index contributed by atoms with van der Waals surface area (Å²) in [4.78, 5) is 19.2. The number of carbonyl (C=O) groups excluding carboxylic acids is 1. The molecule has 1 aliphatic rings. The predicted octanol–water partition coefficient (Wildman–Crippen LogP) is 5.03. The number of anilines is 1. The number of nitrogens with one attached hydrogen (secondary N) is 1. The molecule has 0 saturated carbocycles. The van der Waals surface area contributed by atoms with Gasteiger partial charge in [0, 0.05) is 17.8 Å². The Labute approximate surface area is 164 Å². The average molecular weight is 376 g/mol. The van der Waals surface area contributed by atoms with Crippen LogP contribution < -0.4 is 5.32 Å². The lowest BCUT2D eigenvalue weighted by molar-refractivity contribution is 0.193. The first-order chi connectivity index (χ1) is 13.5. The minimum Gasteiger partial charge on any atom is -0.337 e. The molecular weight excluding hydrogens is 352 g/mol. The third kappa shape index (κ3) is 3.63. The molecule has 2 amide bonds. The molecule has 3 aromatic rings. The fourth-order valence-electron chi connectivity index (χ4n) is 3.68. The van der Waals surface area contributed by atoms with Gasteiger partial charge >= 0.3 is 6.03 Å². The van der Waals surface area contributed by atoms with Gasteiger partial charge in [-0.3, -0.25) is 0 Å². The third-order valence-corrected chi connectivity index (χ3v) is 5.14. The van der Waals surface area contributed by atoms with Gasteiger partial charge in [0.1, 0.15) is 6.04 Å². The molecule has 0 unspecified atom stereocenters. The number of rotatable bonds is 3. The van der Waals surface area contributed by atoms with Crippen LogP contribution in [0.15, 0.2) is 47.0 Å². The quantitative estimate of drug-likeness (QED) is 0.696. The second-order valence-corrected chi connectivity index (χ2v) is 7.43. The minimum atomic E-state index is -0.197. The van der Waals surface area contributed by atoms with Gasteiger partial charge in [0.2, 0.25) is 11.7 Å². The molecule has 1 saturated heterocycles. The van der Waals surface area contributed by atoms with Gasteiger partial charge in [-0.15, -0.1) is 0 Å². The van der Waals surface area contributed by atoms with Crippen LogP contribution in [0.4, 0.5) is 10.5 Å². The van der Waals surface area contributed by atoms with E-state index in [0.29, 0.717) is 18.3 Å². The molecule has 0 radical (unpaired) electrons. The first kappa shape index (κ1) is 18.2. The van der Waals surface area contributed by atoms with Crippen molar-refractivity contribution in [2.45, 2.75) is 39.7 Å². The lowest BCUT2D eigenvalue weighted by atomic mass is 10.1. The number of likely N-dealkylation sites (tertiary alicyclic amines) is 1. The zero-order valence-corrected chi connectivity index (χ0v) is 16.4. The molecule has 0 spiro atoms. The molecule has 28 heavy (non-hydrogen) atoms. The van der Waals surface area contributed by atoms with Crippen LogP contribution in [0, 0.1) is 20.8 Å². The second-order valence-electron chi connectivity index (χ2n) is 7.43. The van der Waals surface area contributed by atoms with Crippen molar-refractivity contribution in [3.63, 3.8) is 0 Å². The van der Waals surface area contributed by atoms with Crippen LogP contribution in [-0.4, -0.2) is 27.6 Å². The predicted molar refractivity (Wildman–Crippen MR) is 108 cm³/mol. The Kier molecular flexibility index (Phi) is 4.86. The monoisotopic (exact) mass is 376 g/mol. The summed E-state index contributed by atoms with van der Waals surface area (Å²) in [6.07, 6.45) is 1.73. The number of benzene rings is 2. The first-order valence-corrected chi connectivity index (χ1v) is 9.57. The lowest BCUT2D eigenvalue weighted by Gasteiger charge is -2.22. The molecule has 6 nitrogen and oxygen atoms in total. The molecule has 6 heteroatoms. The highest BCUT2D eigenvalue weighted by Gasteiger charge is 2.34. The highest BCUT2D eigenvalue weighted by atomic mass is 16.5. The number of aryl methyl sites for hydroxylation is 3. The Morgan fingerprint density at radius 2 is 1.96 bits per heavy atom. The smallest absolute Gasteiger partial charge is 0.322 e. The summed E-state index contributed by atoms with van der Waals surface area (Å²) in [5, 5.41) is 7.15. The Hall–Kier alpha value is -3.15. The standard InChI is InChI=1S/C22H24N4O2/c1-14-6-4-7-17(13-14)20-24-21(28-25-20)19-8-5-11-26(19)22(27)23-18-10-9-15(2)12-16(18)3/h4,6-7,9-10,12-13,19H,5,8,11H2,1-3H3,(H,23,27)/t19-/m0/s1. The van der Waals surface area contributed by atoms with Crippen LogP contribution in [0.3, 0.4) is 0 Å².